The Balaban J connectivity index is 1.78. The maximum absolute atomic E-state index is 12.0. The minimum atomic E-state index is 0.257. The monoisotopic (exact) mass is 252 g/mol. The predicted molar refractivity (Wildman–Crippen MR) is 74.4 cm³/mol. The van der Waals surface area contributed by atoms with Crippen molar-refractivity contribution < 1.29 is 4.79 Å². The average molecular weight is 252 g/mol. The van der Waals surface area contributed by atoms with Gasteiger partial charge in [-0.15, -0.1) is 0 Å². The summed E-state index contributed by atoms with van der Waals surface area (Å²) in [7, 11) is 0. The van der Waals surface area contributed by atoms with Crippen LogP contribution in [-0.2, 0) is 4.79 Å². The van der Waals surface area contributed by atoms with E-state index in [9.17, 15) is 4.79 Å². The summed E-state index contributed by atoms with van der Waals surface area (Å²) in [6.07, 6.45) is 5.82. The lowest BCUT2D eigenvalue weighted by molar-refractivity contribution is -0.127. The van der Waals surface area contributed by atoms with Gasteiger partial charge >= 0.3 is 0 Å². The van der Waals surface area contributed by atoms with Crippen molar-refractivity contribution in [3.63, 3.8) is 0 Å². The minimum Gasteiger partial charge on any atom is -0.342 e. The number of carbonyl (C=O) groups is 1. The third-order valence-electron chi connectivity index (χ3n) is 4.60. The molecule has 0 aromatic rings. The van der Waals surface area contributed by atoms with Crippen LogP contribution < -0.4 is 5.32 Å². The van der Waals surface area contributed by atoms with Gasteiger partial charge in [-0.05, 0) is 37.1 Å². The van der Waals surface area contributed by atoms with Crippen molar-refractivity contribution in [3.8, 4) is 0 Å². The molecule has 2 aliphatic rings. The van der Waals surface area contributed by atoms with Crippen molar-refractivity contribution in [2.24, 2.45) is 11.3 Å². The molecule has 2 heterocycles. The molecule has 0 saturated carbocycles. The standard InChI is InChI=1S/C15H28N2O/c1-15(2,3)12-10-14(18)17(11-12)9-7-13-6-4-5-8-16-13/h12-13,16H,4-11H2,1-3H3. The Hall–Kier alpha value is -0.570. The fourth-order valence-electron chi connectivity index (χ4n) is 3.05. The molecule has 0 radical (unpaired) electrons. The zero-order chi connectivity index (χ0) is 13.2. The van der Waals surface area contributed by atoms with Gasteiger partial charge in [-0.1, -0.05) is 27.2 Å². The molecular formula is C15H28N2O. The van der Waals surface area contributed by atoms with Crippen LogP contribution in [0.15, 0.2) is 0 Å². The van der Waals surface area contributed by atoms with Crippen LogP contribution in [0.5, 0.6) is 0 Å². The quantitative estimate of drug-likeness (QED) is 0.836. The molecule has 104 valence electrons. The van der Waals surface area contributed by atoms with E-state index in [0.29, 0.717) is 17.9 Å². The van der Waals surface area contributed by atoms with E-state index < -0.39 is 0 Å². The van der Waals surface area contributed by atoms with E-state index in [2.05, 4.69) is 31.0 Å². The smallest absolute Gasteiger partial charge is 0.222 e. The van der Waals surface area contributed by atoms with E-state index in [1.54, 1.807) is 0 Å². The summed E-state index contributed by atoms with van der Waals surface area (Å²) in [5.74, 6) is 0.898. The number of hydrogen-bond donors (Lipinski definition) is 1. The molecule has 0 aromatic heterocycles. The number of rotatable bonds is 3. The molecule has 2 rings (SSSR count). The second kappa shape index (κ2) is 5.60. The maximum atomic E-state index is 12.0. The highest BCUT2D eigenvalue weighted by molar-refractivity contribution is 5.78. The minimum absolute atomic E-state index is 0.257. The molecule has 2 fully saturated rings. The molecule has 0 bridgehead atoms. The third kappa shape index (κ3) is 3.47. The van der Waals surface area contributed by atoms with Crippen molar-refractivity contribution in [3.05, 3.63) is 0 Å². The molecule has 0 aliphatic carbocycles. The summed E-state index contributed by atoms with van der Waals surface area (Å²) in [5.41, 5.74) is 0.257. The average Bonchev–Trinajstić information content (AvgIpc) is 2.69. The predicted octanol–water partition coefficient (Wildman–Crippen LogP) is 2.41. The molecule has 2 saturated heterocycles. The van der Waals surface area contributed by atoms with Gasteiger partial charge in [-0.2, -0.15) is 0 Å². The van der Waals surface area contributed by atoms with E-state index in [1.807, 2.05) is 0 Å². The van der Waals surface area contributed by atoms with Gasteiger partial charge < -0.3 is 10.2 Å². The van der Waals surface area contributed by atoms with Gasteiger partial charge in [0.1, 0.15) is 0 Å². The van der Waals surface area contributed by atoms with Crippen LogP contribution in [0.3, 0.4) is 0 Å². The van der Waals surface area contributed by atoms with Crippen molar-refractivity contribution in [1.82, 2.24) is 10.2 Å². The van der Waals surface area contributed by atoms with Gasteiger partial charge in [-0.3, -0.25) is 4.79 Å². The summed E-state index contributed by atoms with van der Waals surface area (Å²) in [5, 5.41) is 3.56. The van der Waals surface area contributed by atoms with Gasteiger partial charge in [0.25, 0.3) is 0 Å². The van der Waals surface area contributed by atoms with Crippen LogP contribution in [0, 0.1) is 11.3 Å². The molecule has 18 heavy (non-hydrogen) atoms. The van der Waals surface area contributed by atoms with Crippen LogP contribution in [0.2, 0.25) is 0 Å². The SMILES string of the molecule is CC(C)(C)C1CC(=O)N(CCC2CCCCN2)C1. The molecule has 3 nitrogen and oxygen atoms in total. The first-order valence-corrected chi connectivity index (χ1v) is 7.48. The summed E-state index contributed by atoms with van der Waals surface area (Å²) >= 11 is 0. The van der Waals surface area contributed by atoms with E-state index in [1.165, 1.54) is 19.3 Å². The normalized spacial score (nSPS) is 29.9. The topological polar surface area (TPSA) is 32.3 Å². The fourth-order valence-corrected chi connectivity index (χ4v) is 3.05. The number of hydrogen-bond acceptors (Lipinski definition) is 2. The molecular weight excluding hydrogens is 224 g/mol. The number of likely N-dealkylation sites (tertiary alicyclic amines) is 1. The molecule has 2 unspecified atom stereocenters. The largest absolute Gasteiger partial charge is 0.342 e. The number of carbonyl (C=O) groups excluding carboxylic acids is 1. The Morgan fingerprint density at radius 3 is 2.67 bits per heavy atom. The van der Waals surface area contributed by atoms with Gasteiger partial charge in [0, 0.05) is 25.6 Å². The Bertz CT molecular complexity index is 289. The highest BCUT2D eigenvalue weighted by Crippen LogP contribution is 2.34. The Kier molecular flexibility index (Phi) is 4.31. The Morgan fingerprint density at radius 2 is 2.11 bits per heavy atom. The van der Waals surface area contributed by atoms with Crippen LogP contribution in [0.25, 0.3) is 0 Å². The van der Waals surface area contributed by atoms with Gasteiger partial charge in [0.15, 0.2) is 0 Å². The third-order valence-corrected chi connectivity index (χ3v) is 4.60. The first-order valence-electron chi connectivity index (χ1n) is 7.48. The number of nitrogens with zero attached hydrogens (tertiary/aromatic N) is 1. The number of amides is 1. The van der Waals surface area contributed by atoms with Gasteiger partial charge in [0.2, 0.25) is 5.91 Å². The van der Waals surface area contributed by atoms with Crippen molar-refractivity contribution in [2.75, 3.05) is 19.6 Å². The highest BCUT2D eigenvalue weighted by Gasteiger charge is 2.36. The zero-order valence-corrected chi connectivity index (χ0v) is 12.2. The molecule has 3 heteroatoms. The van der Waals surface area contributed by atoms with Crippen LogP contribution in [0.4, 0.5) is 0 Å². The summed E-state index contributed by atoms with van der Waals surface area (Å²) in [4.78, 5) is 14.1. The number of nitrogens with one attached hydrogen (secondary N) is 1. The summed E-state index contributed by atoms with van der Waals surface area (Å²) < 4.78 is 0. The second-order valence-electron chi connectivity index (χ2n) is 7.04. The van der Waals surface area contributed by atoms with Gasteiger partial charge in [-0.25, -0.2) is 0 Å². The number of piperidine rings is 1. The van der Waals surface area contributed by atoms with E-state index in [-0.39, 0.29) is 5.41 Å². The first kappa shape index (κ1) is 13.9. The van der Waals surface area contributed by atoms with Crippen LogP contribution in [0.1, 0.15) is 52.9 Å². The lowest BCUT2D eigenvalue weighted by Crippen LogP contribution is -2.38. The second-order valence-corrected chi connectivity index (χ2v) is 7.04. The lowest BCUT2D eigenvalue weighted by Gasteiger charge is -2.28. The molecule has 0 aromatic carbocycles. The van der Waals surface area contributed by atoms with Crippen molar-refractivity contribution in [2.45, 2.75) is 58.9 Å². The molecule has 2 atom stereocenters. The first-order chi connectivity index (χ1) is 8.47. The summed E-state index contributed by atoms with van der Waals surface area (Å²) in [6.45, 7) is 9.81. The maximum Gasteiger partial charge on any atom is 0.222 e. The van der Waals surface area contributed by atoms with Crippen molar-refractivity contribution >= 4 is 5.91 Å². The molecule has 0 spiro atoms. The summed E-state index contributed by atoms with van der Waals surface area (Å²) in [6, 6.07) is 0.639. The lowest BCUT2D eigenvalue weighted by atomic mass is 9.80. The fraction of sp³-hybridized carbons (Fsp3) is 0.933. The van der Waals surface area contributed by atoms with E-state index in [0.717, 1.165) is 32.5 Å². The Morgan fingerprint density at radius 1 is 1.33 bits per heavy atom. The van der Waals surface area contributed by atoms with Gasteiger partial charge in [0.05, 0.1) is 0 Å². The zero-order valence-electron chi connectivity index (χ0n) is 12.2. The molecule has 1 amide bonds. The van der Waals surface area contributed by atoms with E-state index >= 15 is 0 Å². The molecule has 2 aliphatic heterocycles. The Labute approximate surface area is 111 Å². The van der Waals surface area contributed by atoms with Crippen LogP contribution >= 0.6 is 0 Å². The highest BCUT2D eigenvalue weighted by atomic mass is 16.2. The molecule has 1 N–H and O–H groups in total. The van der Waals surface area contributed by atoms with Crippen molar-refractivity contribution in [1.29, 1.82) is 0 Å². The van der Waals surface area contributed by atoms with Crippen LogP contribution in [-0.4, -0.2) is 36.5 Å². The van der Waals surface area contributed by atoms with E-state index in [4.69, 9.17) is 0 Å².